The van der Waals surface area contributed by atoms with Gasteiger partial charge in [-0.2, -0.15) is 0 Å². The Morgan fingerprint density at radius 1 is 1.12 bits per heavy atom. The molecular weight excluding hydrogens is 318 g/mol. The number of aryl methyl sites for hydroxylation is 1. The molecule has 124 valence electrons. The fraction of sp³-hybridized carbons (Fsp3) is 0.368. The summed E-state index contributed by atoms with van der Waals surface area (Å²) >= 11 is 1.49. The van der Waals surface area contributed by atoms with Gasteiger partial charge in [-0.25, -0.2) is 4.99 Å². The minimum atomic E-state index is 0.0624. The van der Waals surface area contributed by atoms with Crippen LogP contribution in [0.5, 0.6) is 0 Å². The quantitative estimate of drug-likeness (QED) is 0.908. The van der Waals surface area contributed by atoms with E-state index in [1.54, 1.807) is 0 Å². The number of piperidine rings is 1. The van der Waals surface area contributed by atoms with Gasteiger partial charge in [0.2, 0.25) is 0 Å². The minimum Gasteiger partial charge on any atom is -0.360 e. The molecule has 0 atom stereocenters. The first kappa shape index (κ1) is 15.4. The average Bonchev–Trinajstić information content (AvgIpc) is 3.17. The molecule has 0 radical (unpaired) electrons. The van der Waals surface area contributed by atoms with Gasteiger partial charge in [-0.15, -0.1) is 11.3 Å². The number of carbonyl (C=O) groups is 1. The zero-order chi connectivity index (χ0) is 16.4. The number of likely N-dealkylation sites (tertiary alicyclic amines) is 1. The third-order valence-electron chi connectivity index (χ3n) is 4.80. The number of amidine groups is 1. The maximum atomic E-state index is 12.2. The van der Waals surface area contributed by atoms with Gasteiger partial charge in [-0.1, -0.05) is 24.3 Å². The second kappa shape index (κ2) is 6.77. The Bertz CT molecular complexity index is 746. The van der Waals surface area contributed by atoms with E-state index in [-0.39, 0.29) is 11.9 Å². The van der Waals surface area contributed by atoms with Crippen molar-refractivity contribution < 1.29 is 4.79 Å². The lowest BCUT2D eigenvalue weighted by molar-refractivity contribution is 0.0926. The first-order valence-corrected chi connectivity index (χ1v) is 9.42. The summed E-state index contributed by atoms with van der Waals surface area (Å²) in [5, 5.41) is 5.11. The SMILES string of the molecule is O=C(NC1CCN(C2=Nc3ccccc3CC2)CC1)c1cccs1. The van der Waals surface area contributed by atoms with Crippen LogP contribution in [0.15, 0.2) is 46.8 Å². The summed E-state index contributed by atoms with van der Waals surface area (Å²) in [6.45, 7) is 1.94. The summed E-state index contributed by atoms with van der Waals surface area (Å²) in [5.74, 6) is 1.27. The van der Waals surface area contributed by atoms with Gasteiger partial charge in [-0.3, -0.25) is 4.79 Å². The van der Waals surface area contributed by atoms with Crippen molar-refractivity contribution in [1.29, 1.82) is 0 Å². The van der Waals surface area contributed by atoms with Crippen molar-refractivity contribution in [3.8, 4) is 0 Å². The normalized spacial score (nSPS) is 18.0. The number of aliphatic imine (C=N–C) groups is 1. The van der Waals surface area contributed by atoms with Gasteiger partial charge in [-0.05, 0) is 42.3 Å². The maximum Gasteiger partial charge on any atom is 0.261 e. The van der Waals surface area contributed by atoms with Crippen molar-refractivity contribution >= 4 is 28.8 Å². The Hall–Kier alpha value is -2.14. The number of hydrogen-bond donors (Lipinski definition) is 1. The monoisotopic (exact) mass is 339 g/mol. The van der Waals surface area contributed by atoms with Crippen molar-refractivity contribution in [1.82, 2.24) is 10.2 Å². The summed E-state index contributed by atoms with van der Waals surface area (Å²) < 4.78 is 0. The van der Waals surface area contributed by atoms with Gasteiger partial charge in [0.1, 0.15) is 5.84 Å². The van der Waals surface area contributed by atoms with Crippen LogP contribution >= 0.6 is 11.3 Å². The average molecular weight is 339 g/mol. The zero-order valence-corrected chi connectivity index (χ0v) is 14.4. The summed E-state index contributed by atoms with van der Waals surface area (Å²) in [7, 11) is 0. The molecule has 2 aliphatic rings. The highest BCUT2D eigenvalue weighted by Gasteiger charge is 2.24. The fourth-order valence-electron chi connectivity index (χ4n) is 3.45. The molecule has 1 amide bonds. The van der Waals surface area contributed by atoms with Crippen LogP contribution in [-0.2, 0) is 6.42 Å². The number of carbonyl (C=O) groups excluding carboxylic acids is 1. The van der Waals surface area contributed by atoms with Crippen molar-refractivity contribution in [2.45, 2.75) is 31.7 Å². The Balaban J connectivity index is 1.35. The van der Waals surface area contributed by atoms with E-state index in [1.807, 2.05) is 17.5 Å². The summed E-state index contributed by atoms with van der Waals surface area (Å²) in [4.78, 5) is 20.2. The zero-order valence-electron chi connectivity index (χ0n) is 13.6. The molecule has 1 fully saturated rings. The van der Waals surface area contributed by atoms with E-state index in [9.17, 15) is 4.79 Å². The Labute approximate surface area is 146 Å². The highest BCUT2D eigenvalue weighted by atomic mass is 32.1. The van der Waals surface area contributed by atoms with Crippen molar-refractivity contribution in [3.05, 3.63) is 52.2 Å². The number of rotatable bonds is 2. The Kier molecular flexibility index (Phi) is 4.34. The molecule has 1 N–H and O–H groups in total. The topological polar surface area (TPSA) is 44.7 Å². The van der Waals surface area contributed by atoms with Crippen LogP contribution in [0.3, 0.4) is 0 Å². The molecular formula is C19H21N3OS. The van der Waals surface area contributed by atoms with E-state index in [1.165, 1.54) is 22.7 Å². The smallest absolute Gasteiger partial charge is 0.261 e. The van der Waals surface area contributed by atoms with E-state index in [0.29, 0.717) is 0 Å². The maximum absolute atomic E-state index is 12.2. The van der Waals surface area contributed by atoms with E-state index in [0.717, 1.165) is 49.3 Å². The van der Waals surface area contributed by atoms with E-state index in [2.05, 4.69) is 34.5 Å². The van der Waals surface area contributed by atoms with Crippen LogP contribution < -0.4 is 5.32 Å². The number of nitrogens with one attached hydrogen (secondary N) is 1. The first-order chi connectivity index (χ1) is 11.8. The van der Waals surface area contributed by atoms with Crippen molar-refractivity contribution in [2.75, 3.05) is 13.1 Å². The van der Waals surface area contributed by atoms with E-state index >= 15 is 0 Å². The predicted octanol–water partition coefficient (Wildman–Crippen LogP) is 3.62. The Morgan fingerprint density at radius 3 is 2.75 bits per heavy atom. The highest BCUT2D eigenvalue weighted by Crippen LogP contribution is 2.27. The lowest BCUT2D eigenvalue weighted by Crippen LogP contribution is -2.46. The molecule has 0 spiro atoms. The molecule has 1 saturated heterocycles. The standard InChI is InChI=1S/C19H21N3OS/c23-19(17-6-3-13-24-17)20-15-9-11-22(12-10-15)18-8-7-14-4-1-2-5-16(14)21-18/h1-6,13,15H,7-12H2,(H,20,23). The molecule has 2 aromatic rings. The third kappa shape index (κ3) is 3.22. The minimum absolute atomic E-state index is 0.0624. The summed E-state index contributed by atoms with van der Waals surface area (Å²) in [6.07, 6.45) is 4.06. The van der Waals surface area contributed by atoms with Crippen LogP contribution in [0.25, 0.3) is 0 Å². The van der Waals surface area contributed by atoms with Crippen LogP contribution in [0.1, 0.15) is 34.5 Å². The molecule has 5 heteroatoms. The number of hydrogen-bond acceptors (Lipinski definition) is 4. The molecule has 1 aromatic carbocycles. The number of amides is 1. The van der Waals surface area contributed by atoms with Crippen molar-refractivity contribution in [2.24, 2.45) is 4.99 Å². The molecule has 3 heterocycles. The first-order valence-electron chi connectivity index (χ1n) is 8.54. The molecule has 0 unspecified atom stereocenters. The molecule has 0 saturated carbocycles. The molecule has 2 aliphatic heterocycles. The van der Waals surface area contributed by atoms with Crippen LogP contribution in [0.2, 0.25) is 0 Å². The van der Waals surface area contributed by atoms with Gasteiger partial charge in [0.25, 0.3) is 5.91 Å². The summed E-state index contributed by atoms with van der Waals surface area (Å²) in [5.41, 5.74) is 2.46. The lowest BCUT2D eigenvalue weighted by Gasteiger charge is -2.35. The number of benzene rings is 1. The molecule has 1 aromatic heterocycles. The largest absolute Gasteiger partial charge is 0.360 e. The molecule has 0 bridgehead atoms. The molecule has 4 nitrogen and oxygen atoms in total. The van der Waals surface area contributed by atoms with Gasteiger partial charge in [0, 0.05) is 25.6 Å². The van der Waals surface area contributed by atoms with Gasteiger partial charge in [0.15, 0.2) is 0 Å². The van der Waals surface area contributed by atoms with Gasteiger partial charge in [0.05, 0.1) is 10.6 Å². The van der Waals surface area contributed by atoms with Crippen molar-refractivity contribution in [3.63, 3.8) is 0 Å². The van der Waals surface area contributed by atoms with E-state index < -0.39 is 0 Å². The number of para-hydroxylation sites is 1. The van der Waals surface area contributed by atoms with Crippen LogP contribution in [0, 0.1) is 0 Å². The second-order valence-electron chi connectivity index (χ2n) is 6.37. The fourth-order valence-corrected chi connectivity index (χ4v) is 4.07. The predicted molar refractivity (Wildman–Crippen MR) is 98.2 cm³/mol. The molecule has 0 aliphatic carbocycles. The van der Waals surface area contributed by atoms with Gasteiger partial charge >= 0.3 is 0 Å². The van der Waals surface area contributed by atoms with Crippen LogP contribution in [0.4, 0.5) is 5.69 Å². The third-order valence-corrected chi connectivity index (χ3v) is 5.67. The lowest BCUT2D eigenvalue weighted by atomic mass is 10.0. The van der Waals surface area contributed by atoms with Gasteiger partial charge < -0.3 is 10.2 Å². The van der Waals surface area contributed by atoms with Crippen LogP contribution in [-0.4, -0.2) is 35.8 Å². The number of fused-ring (bicyclic) bond motifs is 1. The number of nitrogens with zero attached hydrogens (tertiary/aromatic N) is 2. The Morgan fingerprint density at radius 2 is 1.96 bits per heavy atom. The summed E-state index contributed by atoms with van der Waals surface area (Å²) in [6, 6.07) is 12.5. The molecule has 4 rings (SSSR count). The molecule has 24 heavy (non-hydrogen) atoms. The van der Waals surface area contributed by atoms with E-state index in [4.69, 9.17) is 4.99 Å². The number of thiophene rings is 1. The second-order valence-corrected chi connectivity index (χ2v) is 7.32. The highest BCUT2D eigenvalue weighted by molar-refractivity contribution is 7.12.